The average molecular weight is 258 g/mol. The van der Waals surface area contributed by atoms with Gasteiger partial charge in [0.15, 0.2) is 0 Å². The van der Waals surface area contributed by atoms with Crippen molar-refractivity contribution in [2.75, 3.05) is 0 Å². The van der Waals surface area contributed by atoms with Crippen LogP contribution in [0.25, 0.3) is 0 Å². The number of unbranched alkanes of at least 4 members (excludes halogenated alkanes) is 10. The van der Waals surface area contributed by atoms with Gasteiger partial charge in [0.25, 0.3) is 0 Å². The van der Waals surface area contributed by atoms with E-state index in [9.17, 15) is 0 Å². The van der Waals surface area contributed by atoms with Crippen LogP contribution >= 0.6 is 0 Å². The van der Waals surface area contributed by atoms with Gasteiger partial charge in [0.1, 0.15) is 0 Å². The quantitative estimate of drug-likeness (QED) is 0.251. The number of hydrogen-bond donors (Lipinski definition) is 1. The van der Waals surface area contributed by atoms with Gasteiger partial charge in [-0.1, -0.05) is 77.6 Å². The van der Waals surface area contributed by atoms with E-state index in [0.29, 0.717) is 0 Å². The van der Waals surface area contributed by atoms with E-state index in [2.05, 4.69) is 11.8 Å². The molecule has 0 atom stereocenters. The van der Waals surface area contributed by atoms with Gasteiger partial charge in [-0.25, -0.2) is 4.89 Å². The molecule has 0 aromatic rings. The van der Waals surface area contributed by atoms with Gasteiger partial charge in [-0.2, -0.15) is 0 Å². The molecule has 0 amide bonds. The van der Waals surface area contributed by atoms with E-state index < -0.39 is 0 Å². The Hall–Kier alpha value is -0.0800. The molecule has 1 N–H and O–H groups in total. The zero-order valence-corrected chi connectivity index (χ0v) is 12.8. The standard InChI is InChI=1S/C16H34O2/c1-4-5-6-7-8-9-10-11-12-13-14-15-16(2,3)18-17/h17H,4-15H2,1-3H3. The Kier molecular flexibility index (Phi) is 11.9. The van der Waals surface area contributed by atoms with E-state index in [4.69, 9.17) is 5.26 Å². The van der Waals surface area contributed by atoms with Crippen LogP contribution in [0.5, 0.6) is 0 Å². The van der Waals surface area contributed by atoms with Gasteiger partial charge in [-0.05, 0) is 20.3 Å². The highest BCUT2D eigenvalue weighted by atomic mass is 17.1. The molecule has 0 heterocycles. The van der Waals surface area contributed by atoms with E-state index in [1.807, 2.05) is 13.8 Å². The summed E-state index contributed by atoms with van der Waals surface area (Å²) in [5, 5.41) is 8.66. The van der Waals surface area contributed by atoms with Crippen LogP contribution in [0.2, 0.25) is 0 Å². The molecule has 0 fully saturated rings. The van der Waals surface area contributed by atoms with Crippen molar-refractivity contribution in [2.45, 2.75) is 103 Å². The maximum atomic E-state index is 8.66. The second-order valence-corrected chi connectivity index (χ2v) is 6.14. The lowest BCUT2D eigenvalue weighted by molar-refractivity contribution is -0.314. The fourth-order valence-corrected chi connectivity index (χ4v) is 2.26. The predicted octanol–water partition coefficient (Wildman–Crippen LogP) is 5.96. The number of rotatable bonds is 13. The summed E-state index contributed by atoms with van der Waals surface area (Å²) in [5.74, 6) is 0. The molecule has 18 heavy (non-hydrogen) atoms. The Morgan fingerprint density at radius 3 is 1.50 bits per heavy atom. The van der Waals surface area contributed by atoms with Crippen molar-refractivity contribution in [3.05, 3.63) is 0 Å². The zero-order chi connectivity index (χ0) is 13.7. The van der Waals surface area contributed by atoms with Crippen LogP contribution in [0.4, 0.5) is 0 Å². The van der Waals surface area contributed by atoms with E-state index in [1.165, 1.54) is 64.2 Å². The maximum Gasteiger partial charge on any atom is 0.0977 e. The van der Waals surface area contributed by atoms with Crippen molar-refractivity contribution in [3.8, 4) is 0 Å². The van der Waals surface area contributed by atoms with Crippen LogP contribution in [0.3, 0.4) is 0 Å². The normalized spacial score (nSPS) is 12.0. The molecule has 0 aliphatic rings. The van der Waals surface area contributed by atoms with Crippen LogP contribution < -0.4 is 0 Å². The lowest BCUT2D eigenvalue weighted by Gasteiger charge is -2.19. The summed E-state index contributed by atoms with van der Waals surface area (Å²) in [6.45, 7) is 6.13. The molecule has 0 aromatic heterocycles. The van der Waals surface area contributed by atoms with E-state index >= 15 is 0 Å². The van der Waals surface area contributed by atoms with Gasteiger partial charge in [0.2, 0.25) is 0 Å². The van der Waals surface area contributed by atoms with Crippen LogP contribution in [-0.2, 0) is 4.89 Å². The Morgan fingerprint density at radius 1 is 0.722 bits per heavy atom. The highest BCUT2D eigenvalue weighted by molar-refractivity contribution is 4.65. The first-order valence-corrected chi connectivity index (χ1v) is 7.95. The second-order valence-electron chi connectivity index (χ2n) is 6.14. The Labute approximate surface area is 114 Å². The molecule has 0 radical (unpaired) electrons. The van der Waals surface area contributed by atoms with Crippen molar-refractivity contribution in [1.29, 1.82) is 0 Å². The van der Waals surface area contributed by atoms with Crippen molar-refractivity contribution in [3.63, 3.8) is 0 Å². The van der Waals surface area contributed by atoms with Gasteiger partial charge in [-0.15, -0.1) is 0 Å². The molecular formula is C16H34O2. The van der Waals surface area contributed by atoms with Crippen LogP contribution in [0.1, 0.15) is 97.8 Å². The Morgan fingerprint density at radius 2 is 1.11 bits per heavy atom. The van der Waals surface area contributed by atoms with Crippen LogP contribution in [0.15, 0.2) is 0 Å². The summed E-state index contributed by atoms with van der Waals surface area (Å²) < 4.78 is 0. The first-order chi connectivity index (χ1) is 8.62. The van der Waals surface area contributed by atoms with Gasteiger partial charge in [0, 0.05) is 0 Å². The molecule has 2 nitrogen and oxygen atoms in total. The molecule has 0 bridgehead atoms. The third-order valence-corrected chi connectivity index (χ3v) is 3.63. The summed E-state index contributed by atoms with van der Waals surface area (Å²) >= 11 is 0. The average Bonchev–Trinajstić information content (AvgIpc) is 2.36. The van der Waals surface area contributed by atoms with Gasteiger partial charge in [0.05, 0.1) is 5.60 Å². The van der Waals surface area contributed by atoms with E-state index in [0.717, 1.165) is 12.8 Å². The monoisotopic (exact) mass is 258 g/mol. The van der Waals surface area contributed by atoms with E-state index in [-0.39, 0.29) is 5.60 Å². The molecular weight excluding hydrogens is 224 g/mol. The van der Waals surface area contributed by atoms with Crippen molar-refractivity contribution in [1.82, 2.24) is 0 Å². The van der Waals surface area contributed by atoms with Crippen LogP contribution in [0, 0.1) is 0 Å². The molecule has 0 unspecified atom stereocenters. The minimum Gasteiger partial charge on any atom is -0.251 e. The summed E-state index contributed by atoms with van der Waals surface area (Å²) in [6, 6.07) is 0. The second kappa shape index (κ2) is 12.0. The fraction of sp³-hybridized carbons (Fsp3) is 1.00. The molecule has 2 heteroatoms. The Balaban J connectivity index is 3.08. The van der Waals surface area contributed by atoms with Crippen molar-refractivity contribution >= 4 is 0 Å². The molecule has 110 valence electrons. The van der Waals surface area contributed by atoms with Crippen molar-refractivity contribution < 1.29 is 10.1 Å². The summed E-state index contributed by atoms with van der Waals surface area (Å²) in [7, 11) is 0. The minimum absolute atomic E-state index is 0.362. The first kappa shape index (κ1) is 17.9. The smallest absolute Gasteiger partial charge is 0.0977 e. The van der Waals surface area contributed by atoms with Gasteiger partial charge >= 0.3 is 0 Å². The highest BCUT2D eigenvalue weighted by Gasteiger charge is 2.17. The molecule has 0 aliphatic heterocycles. The minimum atomic E-state index is -0.362. The third-order valence-electron chi connectivity index (χ3n) is 3.63. The Bertz CT molecular complexity index is 166. The first-order valence-electron chi connectivity index (χ1n) is 7.95. The molecule has 0 spiro atoms. The van der Waals surface area contributed by atoms with Gasteiger partial charge < -0.3 is 0 Å². The number of hydrogen-bond acceptors (Lipinski definition) is 2. The van der Waals surface area contributed by atoms with Crippen molar-refractivity contribution in [2.24, 2.45) is 0 Å². The van der Waals surface area contributed by atoms with Gasteiger partial charge in [-0.3, -0.25) is 5.26 Å². The zero-order valence-electron chi connectivity index (χ0n) is 12.8. The molecule has 0 rings (SSSR count). The lowest BCUT2D eigenvalue weighted by atomic mass is 9.99. The summed E-state index contributed by atoms with van der Waals surface area (Å²) in [5.41, 5.74) is -0.362. The summed E-state index contributed by atoms with van der Waals surface area (Å²) in [6.07, 6.45) is 15.9. The highest BCUT2D eigenvalue weighted by Crippen LogP contribution is 2.18. The van der Waals surface area contributed by atoms with E-state index in [1.54, 1.807) is 0 Å². The fourth-order valence-electron chi connectivity index (χ4n) is 2.26. The largest absolute Gasteiger partial charge is 0.251 e. The molecule has 0 saturated heterocycles. The maximum absolute atomic E-state index is 8.66. The lowest BCUT2D eigenvalue weighted by Crippen LogP contribution is -2.22. The molecule has 0 aliphatic carbocycles. The topological polar surface area (TPSA) is 29.5 Å². The van der Waals surface area contributed by atoms with Crippen LogP contribution in [-0.4, -0.2) is 10.9 Å². The summed E-state index contributed by atoms with van der Waals surface area (Å²) in [4.78, 5) is 4.43. The third kappa shape index (κ3) is 12.4. The SMILES string of the molecule is CCCCCCCCCCCCCC(C)(C)OO. The molecule has 0 aromatic carbocycles. The molecule has 0 saturated carbocycles. The predicted molar refractivity (Wildman–Crippen MR) is 78.9 cm³/mol.